The van der Waals surface area contributed by atoms with Crippen molar-refractivity contribution in [2.45, 2.75) is 59.4 Å². The molecule has 0 saturated heterocycles. The zero-order chi connectivity index (χ0) is 29.0. The Morgan fingerprint density at radius 1 is 0.780 bits per heavy atom. The van der Waals surface area contributed by atoms with Gasteiger partial charge < -0.3 is 18.9 Å². The topological polar surface area (TPSA) is 54.0 Å². The summed E-state index contributed by atoms with van der Waals surface area (Å²) < 4.78 is 37.9. The van der Waals surface area contributed by atoms with Crippen molar-refractivity contribution in [1.82, 2.24) is 0 Å². The summed E-state index contributed by atoms with van der Waals surface area (Å²) in [6, 6.07) is 28.0. The van der Waals surface area contributed by atoms with Crippen LogP contribution in [0.1, 0.15) is 50.3 Å². The number of rotatable bonds is 14. The first-order valence-corrected chi connectivity index (χ1v) is 14.2. The Hall–Kier alpha value is -4.32. The Labute approximate surface area is 241 Å². The van der Waals surface area contributed by atoms with Crippen LogP contribution in [-0.4, -0.2) is 18.9 Å². The maximum absolute atomic E-state index is 13.7. The fourth-order valence-electron chi connectivity index (χ4n) is 4.47. The Morgan fingerprint density at radius 3 is 2.20 bits per heavy atom. The molecular formula is C35H37FO5. The quantitative estimate of drug-likeness (QED) is 0.115. The van der Waals surface area contributed by atoms with E-state index in [0.29, 0.717) is 43.3 Å². The number of hydrogen-bond acceptors (Lipinski definition) is 5. The molecule has 4 rings (SSSR count). The van der Waals surface area contributed by atoms with Crippen LogP contribution >= 0.6 is 0 Å². The van der Waals surface area contributed by atoms with Gasteiger partial charge in [0.1, 0.15) is 29.7 Å². The maximum atomic E-state index is 13.7. The molecule has 0 aliphatic carbocycles. The molecule has 0 aromatic heterocycles. The first kappa shape index (κ1) is 29.7. The number of halogens is 1. The predicted octanol–water partition coefficient (Wildman–Crippen LogP) is 8.32. The summed E-state index contributed by atoms with van der Waals surface area (Å²) in [5.41, 5.74) is 4.65. The Bertz CT molecular complexity index is 1400. The maximum Gasteiger partial charge on any atom is 0.306 e. The molecule has 6 heteroatoms. The number of hydrogen-bond donors (Lipinski definition) is 0. The van der Waals surface area contributed by atoms with Gasteiger partial charge in [-0.3, -0.25) is 4.79 Å². The molecule has 1 unspecified atom stereocenters. The number of para-hydroxylation sites is 1. The minimum atomic E-state index is -0.567. The normalized spacial score (nSPS) is 11.5. The number of esters is 1. The number of benzene rings is 4. The molecule has 4 aromatic rings. The summed E-state index contributed by atoms with van der Waals surface area (Å²) >= 11 is 0. The lowest BCUT2D eigenvalue weighted by atomic mass is 9.99. The van der Waals surface area contributed by atoms with Crippen molar-refractivity contribution in [2.24, 2.45) is 0 Å². The molecule has 0 saturated carbocycles. The van der Waals surface area contributed by atoms with E-state index in [1.807, 2.05) is 73.7 Å². The van der Waals surface area contributed by atoms with Crippen molar-refractivity contribution in [2.75, 3.05) is 6.61 Å². The largest absolute Gasteiger partial charge is 0.488 e. The van der Waals surface area contributed by atoms with Crippen LogP contribution in [0.4, 0.5) is 4.39 Å². The molecule has 0 bridgehead atoms. The molecule has 0 heterocycles. The lowest BCUT2D eigenvalue weighted by Crippen LogP contribution is -2.24. The second-order valence-corrected chi connectivity index (χ2v) is 9.58. The van der Waals surface area contributed by atoms with Gasteiger partial charge in [0.15, 0.2) is 0 Å². The second-order valence-electron chi connectivity index (χ2n) is 9.58. The van der Waals surface area contributed by atoms with Gasteiger partial charge in [-0.05, 0) is 66.3 Å². The number of carbonyl (C=O) groups is 1. The summed E-state index contributed by atoms with van der Waals surface area (Å²) in [6.07, 6.45) is 1.53. The fourth-order valence-corrected chi connectivity index (χ4v) is 4.47. The van der Waals surface area contributed by atoms with Crippen LogP contribution in [0, 0.1) is 5.82 Å². The monoisotopic (exact) mass is 556 g/mol. The summed E-state index contributed by atoms with van der Waals surface area (Å²) in [6.45, 7) is 6.60. The predicted molar refractivity (Wildman–Crippen MR) is 159 cm³/mol. The summed E-state index contributed by atoms with van der Waals surface area (Å²) in [5, 5.41) is 0. The molecule has 0 amide bonds. The second kappa shape index (κ2) is 14.9. The highest BCUT2D eigenvalue weighted by Crippen LogP contribution is 2.38. The average molecular weight is 557 g/mol. The van der Waals surface area contributed by atoms with E-state index in [0.717, 1.165) is 34.2 Å². The molecular weight excluding hydrogens is 519 g/mol. The van der Waals surface area contributed by atoms with Crippen molar-refractivity contribution in [3.8, 4) is 28.4 Å². The van der Waals surface area contributed by atoms with E-state index >= 15 is 0 Å². The Balaban J connectivity index is 1.60. The van der Waals surface area contributed by atoms with Crippen LogP contribution in [0.5, 0.6) is 17.2 Å². The lowest BCUT2D eigenvalue weighted by molar-refractivity contribution is -0.143. The summed E-state index contributed by atoms with van der Waals surface area (Å²) in [7, 11) is 0. The van der Waals surface area contributed by atoms with Gasteiger partial charge in [-0.2, -0.15) is 0 Å². The Morgan fingerprint density at radius 2 is 1.49 bits per heavy atom. The molecule has 0 N–H and O–H groups in total. The van der Waals surface area contributed by atoms with Crippen molar-refractivity contribution in [1.29, 1.82) is 0 Å². The molecule has 41 heavy (non-hydrogen) atoms. The van der Waals surface area contributed by atoms with Gasteiger partial charge in [0, 0.05) is 24.5 Å². The Kier molecular flexibility index (Phi) is 10.8. The van der Waals surface area contributed by atoms with Crippen molar-refractivity contribution < 1.29 is 28.1 Å². The van der Waals surface area contributed by atoms with Crippen molar-refractivity contribution >= 4 is 5.97 Å². The number of carbonyl (C=O) groups excluding carboxylic acids is 1. The molecule has 0 radical (unpaired) electrons. The number of aryl methyl sites for hydroxylation is 2. The van der Waals surface area contributed by atoms with E-state index in [2.05, 4.69) is 6.92 Å². The number of ether oxygens (including phenoxy) is 4. The van der Waals surface area contributed by atoms with Crippen LogP contribution in [0.15, 0.2) is 91.0 Å². The first-order chi connectivity index (χ1) is 20.0. The molecule has 5 nitrogen and oxygen atoms in total. The van der Waals surface area contributed by atoms with Gasteiger partial charge in [0.2, 0.25) is 6.29 Å². The smallest absolute Gasteiger partial charge is 0.306 e. The lowest BCUT2D eigenvalue weighted by Gasteiger charge is -2.24. The third-order valence-corrected chi connectivity index (χ3v) is 6.66. The van der Waals surface area contributed by atoms with Crippen LogP contribution in [0.3, 0.4) is 0 Å². The van der Waals surface area contributed by atoms with Crippen molar-refractivity contribution in [3.05, 3.63) is 114 Å². The molecule has 1 atom stereocenters. The molecule has 214 valence electrons. The van der Waals surface area contributed by atoms with Gasteiger partial charge in [-0.1, -0.05) is 74.5 Å². The van der Waals surface area contributed by atoms with Gasteiger partial charge >= 0.3 is 5.97 Å². The molecule has 0 aliphatic heterocycles. The van der Waals surface area contributed by atoms with E-state index in [-0.39, 0.29) is 18.2 Å². The van der Waals surface area contributed by atoms with Gasteiger partial charge in [0.25, 0.3) is 0 Å². The summed E-state index contributed by atoms with van der Waals surface area (Å²) in [5.74, 6) is 1.45. The van der Waals surface area contributed by atoms with E-state index in [9.17, 15) is 9.18 Å². The molecule has 0 aliphatic rings. The zero-order valence-corrected chi connectivity index (χ0v) is 23.9. The minimum absolute atomic E-state index is 0.234. The minimum Gasteiger partial charge on any atom is -0.488 e. The van der Waals surface area contributed by atoms with Crippen molar-refractivity contribution in [3.63, 3.8) is 0 Å². The highest BCUT2D eigenvalue weighted by Gasteiger charge is 2.19. The van der Waals surface area contributed by atoms with Crippen LogP contribution in [0.25, 0.3) is 11.1 Å². The van der Waals surface area contributed by atoms with E-state index < -0.39 is 6.29 Å². The van der Waals surface area contributed by atoms with Gasteiger partial charge in [-0.15, -0.1) is 0 Å². The first-order valence-electron chi connectivity index (χ1n) is 14.2. The molecule has 0 spiro atoms. The SMILES string of the molecule is CCOC(=O)CCc1ccccc1OC(CC)Oc1cc(OCc2ccccc2)c(-c2ccc(F)cc2)cc1CC. The van der Waals surface area contributed by atoms with Gasteiger partial charge in [-0.25, -0.2) is 4.39 Å². The third-order valence-electron chi connectivity index (χ3n) is 6.66. The van der Waals surface area contributed by atoms with Crippen LogP contribution < -0.4 is 14.2 Å². The van der Waals surface area contributed by atoms with Gasteiger partial charge in [0.05, 0.1) is 6.61 Å². The van der Waals surface area contributed by atoms with E-state index in [1.165, 1.54) is 12.1 Å². The van der Waals surface area contributed by atoms with E-state index in [4.69, 9.17) is 18.9 Å². The average Bonchev–Trinajstić information content (AvgIpc) is 3.00. The third kappa shape index (κ3) is 8.34. The van der Waals surface area contributed by atoms with E-state index in [1.54, 1.807) is 19.1 Å². The fraction of sp³-hybridized carbons (Fsp3) is 0.286. The van der Waals surface area contributed by atoms with Crippen LogP contribution in [0.2, 0.25) is 0 Å². The standard InChI is InChI=1S/C35H37FO5/c1-4-26-22-30(27-16-19-29(36)20-17-27)33(39-24-25-12-8-7-9-13-25)23-32(26)41-35(5-2)40-31-15-11-10-14-28(31)18-21-34(37)38-6-3/h7-17,19-20,22-23,35H,4-6,18,21,24H2,1-3H3. The highest BCUT2D eigenvalue weighted by molar-refractivity contribution is 5.73. The van der Waals surface area contributed by atoms with Crippen LogP contribution in [-0.2, 0) is 29.0 Å². The zero-order valence-electron chi connectivity index (χ0n) is 23.9. The highest BCUT2D eigenvalue weighted by atomic mass is 19.1. The summed E-state index contributed by atoms with van der Waals surface area (Å²) in [4.78, 5) is 11.9. The molecule has 4 aromatic carbocycles. The molecule has 0 fully saturated rings.